The summed E-state index contributed by atoms with van der Waals surface area (Å²) in [6, 6.07) is 6.72. The van der Waals surface area contributed by atoms with Crippen LogP contribution in [-0.2, 0) is 6.54 Å². The first-order valence-electron chi connectivity index (χ1n) is 6.91. The topological polar surface area (TPSA) is 81.4 Å². The Morgan fingerprint density at radius 1 is 1.45 bits per heavy atom. The molecule has 1 aromatic heterocycles. The fourth-order valence-electron chi connectivity index (χ4n) is 1.99. The molecule has 7 nitrogen and oxygen atoms in total. The maximum absolute atomic E-state index is 10.9. The lowest BCUT2D eigenvalue weighted by molar-refractivity contribution is -0.384. The van der Waals surface area contributed by atoms with Crippen molar-refractivity contribution in [2.45, 2.75) is 26.4 Å². The summed E-state index contributed by atoms with van der Waals surface area (Å²) < 4.78 is 5.31. The third-order valence-electron chi connectivity index (χ3n) is 3.33. The van der Waals surface area contributed by atoms with Crippen LogP contribution in [0.15, 0.2) is 24.3 Å². The summed E-state index contributed by atoms with van der Waals surface area (Å²) in [6.45, 7) is 5.07. The summed E-state index contributed by atoms with van der Waals surface area (Å²) in [4.78, 5) is 12.5. The van der Waals surface area contributed by atoms with Gasteiger partial charge >= 0.3 is 0 Å². The SMILES string of the molecule is CCOc1nnc(CN(C)C(C)c2cccc([N+](=O)[O-])c2)s1. The average Bonchev–Trinajstić information content (AvgIpc) is 2.94. The summed E-state index contributed by atoms with van der Waals surface area (Å²) in [5.41, 5.74) is 0.999. The molecule has 0 spiro atoms. The minimum absolute atomic E-state index is 0.0272. The molecule has 2 aromatic rings. The highest BCUT2D eigenvalue weighted by Gasteiger charge is 2.17. The van der Waals surface area contributed by atoms with Gasteiger partial charge < -0.3 is 4.74 Å². The van der Waals surface area contributed by atoms with E-state index in [1.165, 1.54) is 17.4 Å². The van der Waals surface area contributed by atoms with E-state index in [4.69, 9.17) is 4.74 Å². The second kappa shape index (κ2) is 7.28. The van der Waals surface area contributed by atoms with Crippen molar-refractivity contribution in [2.75, 3.05) is 13.7 Å². The van der Waals surface area contributed by atoms with E-state index in [2.05, 4.69) is 15.1 Å². The van der Waals surface area contributed by atoms with Crippen LogP contribution in [0.3, 0.4) is 0 Å². The van der Waals surface area contributed by atoms with Gasteiger partial charge in [0.05, 0.1) is 18.1 Å². The molecule has 2 rings (SSSR count). The van der Waals surface area contributed by atoms with Crippen molar-refractivity contribution in [3.05, 3.63) is 45.0 Å². The number of nitrogens with zero attached hydrogens (tertiary/aromatic N) is 4. The molecule has 1 atom stereocenters. The zero-order chi connectivity index (χ0) is 16.1. The van der Waals surface area contributed by atoms with E-state index in [9.17, 15) is 10.1 Å². The van der Waals surface area contributed by atoms with Crippen LogP contribution in [-0.4, -0.2) is 33.7 Å². The molecule has 0 fully saturated rings. The Bertz CT molecular complexity index is 647. The molecule has 0 N–H and O–H groups in total. The summed E-state index contributed by atoms with van der Waals surface area (Å²) in [6.07, 6.45) is 0. The highest BCUT2D eigenvalue weighted by atomic mass is 32.1. The number of rotatable bonds is 7. The average molecular weight is 322 g/mol. The van der Waals surface area contributed by atoms with Crippen molar-refractivity contribution in [3.8, 4) is 5.19 Å². The van der Waals surface area contributed by atoms with Crippen LogP contribution in [0.5, 0.6) is 5.19 Å². The maximum Gasteiger partial charge on any atom is 0.294 e. The van der Waals surface area contributed by atoms with Gasteiger partial charge in [-0.25, -0.2) is 0 Å². The van der Waals surface area contributed by atoms with Gasteiger partial charge in [0.25, 0.3) is 10.9 Å². The van der Waals surface area contributed by atoms with Gasteiger partial charge in [-0.3, -0.25) is 15.0 Å². The Balaban J connectivity index is 2.06. The van der Waals surface area contributed by atoms with Crippen LogP contribution in [0.1, 0.15) is 30.5 Å². The maximum atomic E-state index is 10.9. The second-order valence-electron chi connectivity index (χ2n) is 4.84. The van der Waals surface area contributed by atoms with Crippen molar-refractivity contribution >= 4 is 17.0 Å². The summed E-state index contributed by atoms with van der Waals surface area (Å²) in [5, 5.41) is 20.3. The smallest absolute Gasteiger partial charge is 0.294 e. The largest absolute Gasteiger partial charge is 0.469 e. The third-order valence-corrected chi connectivity index (χ3v) is 4.15. The number of hydrogen-bond donors (Lipinski definition) is 0. The van der Waals surface area contributed by atoms with E-state index in [1.807, 2.05) is 27.0 Å². The van der Waals surface area contributed by atoms with Crippen LogP contribution in [0.2, 0.25) is 0 Å². The van der Waals surface area contributed by atoms with Gasteiger partial charge in [-0.2, -0.15) is 0 Å². The molecule has 0 aliphatic carbocycles. The Morgan fingerprint density at radius 2 is 2.23 bits per heavy atom. The summed E-state index contributed by atoms with van der Waals surface area (Å²) in [7, 11) is 1.95. The van der Waals surface area contributed by atoms with Gasteiger partial charge in [0.2, 0.25) is 0 Å². The molecule has 22 heavy (non-hydrogen) atoms. The van der Waals surface area contributed by atoms with Gasteiger partial charge in [-0.15, -0.1) is 10.2 Å². The van der Waals surface area contributed by atoms with E-state index in [0.717, 1.165) is 10.6 Å². The fraction of sp³-hybridized carbons (Fsp3) is 0.429. The van der Waals surface area contributed by atoms with Crippen molar-refractivity contribution in [3.63, 3.8) is 0 Å². The summed E-state index contributed by atoms with van der Waals surface area (Å²) in [5.74, 6) is 0. The highest BCUT2D eigenvalue weighted by molar-refractivity contribution is 7.13. The Hall–Kier alpha value is -2.06. The molecule has 0 aliphatic heterocycles. The standard InChI is InChI=1S/C14H18N4O3S/c1-4-21-14-16-15-13(22-14)9-17(3)10(2)11-6-5-7-12(8-11)18(19)20/h5-8,10H,4,9H2,1-3H3. The molecule has 0 aliphatic rings. The van der Waals surface area contributed by atoms with Crippen molar-refractivity contribution in [2.24, 2.45) is 0 Å². The zero-order valence-electron chi connectivity index (χ0n) is 12.7. The number of nitro groups is 1. The van der Waals surface area contributed by atoms with Gasteiger partial charge in [0.15, 0.2) is 0 Å². The number of nitro benzene ring substituents is 1. The van der Waals surface area contributed by atoms with Gasteiger partial charge in [0, 0.05) is 18.2 Å². The van der Waals surface area contributed by atoms with Crippen molar-refractivity contribution in [1.82, 2.24) is 15.1 Å². The first-order chi connectivity index (χ1) is 10.5. The van der Waals surface area contributed by atoms with Crippen LogP contribution in [0, 0.1) is 10.1 Å². The zero-order valence-corrected chi connectivity index (χ0v) is 13.5. The predicted molar refractivity (Wildman–Crippen MR) is 84.1 cm³/mol. The van der Waals surface area contributed by atoms with E-state index in [0.29, 0.717) is 18.3 Å². The molecular formula is C14H18N4O3S. The molecule has 0 amide bonds. The third kappa shape index (κ3) is 3.99. The van der Waals surface area contributed by atoms with Gasteiger partial charge in [-0.05, 0) is 26.5 Å². The first-order valence-corrected chi connectivity index (χ1v) is 7.72. The van der Waals surface area contributed by atoms with Gasteiger partial charge in [0.1, 0.15) is 5.01 Å². The fourth-order valence-corrected chi connectivity index (χ4v) is 2.80. The number of non-ortho nitro benzene ring substituents is 1. The van der Waals surface area contributed by atoms with E-state index in [1.54, 1.807) is 12.1 Å². The van der Waals surface area contributed by atoms with Crippen LogP contribution in [0.25, 0.3) is 0 Å². The monoisotopic (exact) mass is 322 g/mol. The lowest BCUT2D eigenvalue weighted by Crippen LogP contribution is -2.21. The number of aromatic nitrogens is 2. The van der Waals surface area contributed by atoms with E-state index in [-0.39, 0.29) is 16.7 Å². The Morgan fingerprint density at radius 3 is 2.91 bits per heavy atom. The molecule has 118 valence electrons. The normalized spacial score (nSPS) is 12.4. The van der Waals surface area contributed by atoms with Gasteiger partial charge in [-0.1, -0.05) is 23.5 Å². The molecule has 0 saturated heterocycles. The number of benzene rings is 1. The molecule has 1 heterocycles. The van der Waals surface area contributed by atoms with Crippen molar-refractivity contribution in [1.29, 1.82) is 0 Å². The lowest BCUT2D eigenvalue weighted by Gasteiger charge is -2.23. The van der Waals surface area contributed by atoms with Crippen LogP contribution in [0.4, 0.5) is 5.69 Å². The van der Waals surface area contributed by atoms with Crippen LogP contribution < -0.4 is 4.74 Å². The molecule has 0 bridgehead atoms. The molecule has 8 heteroatoms. The molecular weight excluding hydrogens is 304 g/mol. The molecule has 0 saturated carbocycles. The van der Waals surface area contributed by atoms with E-state index >= 15 is 0 Å². The van der Waals surface area contributed by atoms with E-state index < -0.39 is 0 Å². The quantitative estimate of drug-likeness (QED) is 0.575. The lowest BCUT2D eigenvalue weighted by atomic mass is 10.1. The van der Waals surface area contributed by atoms with Crippen molar-refractivity contribution < 1.29 is 9.66 Å². The number of hydrogen-bond acceptors (Lipinski definition) is 7. The second-order valence-corrected chi connectivity index (χ2v) is 5.86. The molecule has 1 aromatic carbocycles. The number of ether oxygens (including phenoxy) is 1. The Kier molecular flexibility index (Phi) is 5.40. The Labute approximate surface area is 132 Å². The predicted octanol–water partition coefficient (Wildman–Crippen LogP) is 3.04. The van der Waals surface area contributed by atoms with Crippen LogP contribution >= 0.6 is 11.3 Å². The minimum atomic E-state index is -0.380. The summed E-state index contributed by atoms with van der Waals surface area (Å²) >= 11 is 1.41. The highest BCUT2D eigenvalue weighted by Crippen LogP contribution is 2.26. The molecule has 1 unspecified atom stereocenters. The minimum Gasteiger partial charge on any atom is -0.469 e. The first kappa shape index (κ1) is 16.3. The molecule has 0 radical (unpaired) electrons.